The Labute approximate surface area is 158 Å². The highest BCUT2D eigenvalue weighted by atomic mass is 32.2. The molecule has 2 N–H and O–H groups in total. The van der Waals surface area contributed by atoms with Crippen LogP contribution in [0.25, 0.3) is 0 Å². The second-order valence-corrected chi connectivity index (χ2v) is 7.87. The van der Waals surface area contributed by atoms with Crippen LogP contribution in [0.3, 0.4) is 0 Å². The van der Waals surface area contributed by atoms with Gasteiger partial charge < -0.3 is 14.6 Å². The number of carbonyl (C=O) groups is 1. The number of anilines is 3. The van der Waals surface area contributed by atoms with Gasteiger partial charge in [0, 0.05) is 11.8 Å². The second-order valence-electron chi connectivity index (χ2n) is 5.31. The third-order valence-corrected chi connectivity index (χ3v) is 5.29. The van der Waals surface area contributed by atoms with Crippen LogP contribution < -0.4 is 15.4 Å². The zero-order chi connectivity index (χ0) is 18.5. The number of aromatic nitrogens is 3. The van der Waals surface area contributed by atoms with E-state index in [0.717, 1.165) is 11.4 Å². The maximum Gasteiger partial charge on any atom is 0.240 e. The minimum atomic E-state index is -0.359. The highest BCUT2D eigenvalue weighted by Gasteiger charge is 2.18. The fourth-order valence-corrected chi connectivity index (χ4v) is 3.87. The summed E-state index contributed by atoms with van der Waals surface area (Å²) in [5.41, 5.74) is 1.59. The number of thioether (sulfide) groups is 1. The predicted molar refractivity (Wildman–Crippen MR) is 101 cm³/mol. The Hall–Kier alpha value is -2.59. The van der Waals surface area contributed by atoms with Crippen LogP contribution in [0, 0.1) is 6.92 Å². The van der Waals surface area contributed by atoms with Gasteiger partial charge in [-0.3, -0.25) is 10.1 Å². The van der Waals surface area contributed by atoms with Crippen molar-refractivity contribution in [3.8, 4) is 5.75 Å². The van der Waals surface area contributed by atoms with Crippen LogP contribution in [-0.2, 0) is 4.79 Å². The summed E-state index contributed by atoms with van der Waals surface area (Å²) in [5.74, 6) is 0.927. The highest BCUT2D eigenvalue weighted by Crippen LogP contribution is 2.31. The predicted octanol–water partition coefficient (Wildman–Crippen LogP) is 3.71. The molecule has 3 aromatic rings. The molecule has 2 heterocycles. The lowest BCUT2D eigenvalue weighted by Crippen LogP contribution is -2.22. The average Bonchev–Trinajstić information content (AvgIpc) is 3.24. The molecule has 10 heteroatoms. The van der Waals surface area contributed by atoms with Gasteiger partial charge in [0.05, 0.1) is 18.1 Å². The number of nitrogens with one attached hydrogen (secondary N) is 2. The molecule has 0 aliphatic heterocycles. The summed E-state index contributed by atoms with van der Waals surface area (Å²) in [6.45, 7) is 3.58. The molecule has 0 bridgehead atoms. The van der Waals surface area contributed by atoms with E-state index in [1.807, 2.05) is 24.3 Å². The first-order valence-corrected chi connectivity index (χ1v) is 9.38. The topological polar surface area (TPSA) is 102 Å². The van der Waals surface area contributed by atoms with Crippen molar-refractivity contribution < 1.29 is 14.1 Å². The zero-order valence-corrected chi connectivity index (χ0v) is 16.0. The monoisotopic (exact) mass is 391 g/mol. The van der Waals surface area contributed by atoms with E-state index < -0.39 is 0 Å². The maximum absolute atomic E-state index is 12.2. The third-order valence-electron chi connectivity index (χ3n) is 3.27. The molecular weight excluding hydrogens is 374 g/mol. The molecule has 2 aromatic heterocycles. The molecule has 1 aromatic carbocycles. The van der Waals surface area contributed by atoms with Crippen molar-refractivity contribution in [1.29, 1.82) is 0 Å². The standard InChI is InChI=1S/C16H17N5O3S2/c1-9-8-13(24-21-9)18-14(22)10(2)25-16-20-19-15(26-16)17-11-4-6-12(23-3)7-5-11/h4-8,10H,1-3H3,(H,17,19)(H,18,22). The molecule has 26 heavy (non-hydrogen) atoms. The van der Waals surface area contributed by atoms with Gasteiger partial charge in [0.1, 0.15) is 5.75 Å². The van der Waals surface area contributed by atoms with Crippen molar-refractivity contribution in [2.45, 2.75) is 23.4 Å². The van der Waals surface area contributed by atoms with E-state index in [0.29, 0.717) is 21.0 Å². The first-order chi connectivity index (χ1) is 12.5. The van der Waals surface area contributed by atoms with E-state index in [1.165, 1.54) is 23.1 Å². The summed E-state index contributed by atoms with van der Waals surface area (Å²) >= 11 is 2.70. The number of aryl methyl sites for hydroxylation is 1. The van der Waals surface area contributed by atoms with Gasteiger partial charge in [-0.1, -0.05) is 28.3 Å². The van der Waals surface area contributed by atoms with Gasteiger partial charge in [0.15, 0.2) is 4.34 Å². The van der Waals surface area contributed by atoms with Gasteiger partial charge >= 0.3 is 0 Å². The number of hydrogen-bond donors (Lipinski definition) is 2. The van der Waals surface area contributed by atoms with E-state index >= 15 is 0 Å². The van der Waals surface area contributed by atoms with Crippen LogP contribution in [0.2, 0.25) is 0 Å². The molecule has 0 fully saturated rings. The lowest BCUT2D eigenvalue weighted by Gasteiger charge is -2.07. The normalized spacial score (nSPS) is 11.8. The molecule has 0 saturated carbocycles. The van der Waals surface area contributed by atoms with Gasteiger partial charge in [0.25, 0.3) is 0 Å². The Bertz CT molecular complexity index is 878. The van der Waals surface area contributed by atoms with Gasteiger partial charge in [0.2, 0.25) is 16.9 Å². The molecular formula is C16H17N5O3S2. The largest absolute Gasteiger partial charge is 0.497 e. The summed E-state index contributed by atoms with van der Waals surface area (Å²) in [6.07, 6.45) is 0. The van der Waals surface area contributed by atoms with Crippen molar-refractivity contribution in [2.75, 3.05) is 17.7 Å². The van der Waals surface area contributed by atoms with Crippen LogP contribution in [0.4, 0.5) is 16.7 Å². The Morgan fingerprint density at radius 1 is 1.31 bits per heavy atom. The minimum absolute atomic E-state index is 0.189. The summed E-state index contributed by atoms with van der Waals surface area (Å²) in [6, 6.07) is 9.16. The van der Waals surface area contributed by atoms with Crippen molar-refractivity contribution in [3.63, 3.8) is 0 Å². The SMILES string of the molecule is COc1ccc(Nc2nnc(SC(C)C(=O)Nc3cc(C)no3)s2)cc1. The number of carbonyl (C=O) groups excluding carboxylic acids is 1. The summed E-state index contributed by atoms with van der Waals surface area (Å²) < 4.78 is 10.8. The Morgan fingerprint density at radius 2 is 2.08 bits per heavy atom. The van der Waals surface area contributed by atoms with Gasteiger partial charge in [-0.05, 0) is 38.1 Å². The quantitative estimate of drug-likeness (QED) is 0.588. The molecule has 0 spiro atoms. The number of rotatable bonds is 7. The Morgan fingerprint density at radius 3 is 2.73 bits per heavy atom. The molecule has 1 atom stereocenters. The fraction of sp³-hybridized carbons (Fsp3) is 0.250. The number of hydrogen-bond acceptors (Lipinski definition) is 9. The Kier molecular flexibility index (Phi) is 5.74. The van der Waals surface area contributed by atoms with Gasteiger partial charge in [-0.2, -0.15) is 0 Å². The van der Waals surface area contributed by atoms with Crippen LogP contribution in [0.1, 0.15) is 12.6 Å². The van der Waals surface area contributed by atoms with E-state index in [2.05, 4.69) is 26.0 Å². The highest BCUT2D eigenvalue weighted by molar-refractivity contribution is 8.02. The van der Waals surface area contributed by atoms with Crippen molar-refractivity contribution in [3.05, 3.63) is 36.0 Å². The van der Waals surface area contributed by atoms with Crippen molar-refractivity contribution in [2.24, 2.45) is 0 Å². The number of ether oxygens (including phenoxy) is 1. The van der Waals surface area contributed by atoms with Gasteiger partial charge in [-0.25, -0.2) is 0 Å². The lowest BCUT2D eigenvalue weighted by atomic mass is 10.3. The summed E-state index contributed by atoms with van der Waals surface area (Å²) in [7, 11) is 1.62. The van der Waals surface area contributed by atoms with Crippen LogP contribution in [0.15, 0.2) is 39.2 Å². The molecule has 136 valence electrons. The first kappa shape index (κ1) is 18.2. The smallest absolute Gasteiger partial charge is 0.240 e. The van der Waals surface area contributed by atoms with E-state index in [-0.39, 0.29) is 11.2 Å². The molecule has 3 rings (SSSR count). The number of benzene rings is 1. The second kappa shape index (κ2) is 8.19. The van der Waals surface area contributed by atoms with Crippen LogP contribution in [-0.4, -0.2) is 33.6 Å². The molecule has 1 unspecified atom stereocenters. The number of methoxy groups -OCH3 is 1. The van der Waals surface area contributed by atoms with Crippen molar-refractivity contribution >= 4 is 45.7 Å². The van der Waals surface area contributed by atoms with E-state index in [9.17, 15) is 4.79 Å². The lowest BCUT2D eigenvalue weighted by molar-refractivity contribution is -0.115. The van der Waals surface area contributed by atoms with Gasteiger partial charge in [-0.15, -0.1) is 10.2 Å². The molecule has 1 amide bonds. The summed E-state index contributed by atoms with van der Waals surface area (Å²) in [5, 5.41) is 18.1. The average molecular weight is 391 g/mol. The first-order valence-electron chi connectivity index (χ1n) is 7.69. The fourth-order valence-electron chi connectivity index (χ4n) is 1.96. The summed E-state index contributed by atoms with van der Waals surface area (Å²) in [4.78, 5) is 12.2. The molecule has 0 aliphatic carbocycles. The van der Waals surface area contributed by atoms with E-state index in [4.69, 9.17) is 9.26 Å². The maximum atomic E-state index is 12.2. The van der Waals surface area contributed by atoms with Crippen LogP contribution >= 0.6 is 23.1 Å². The molecule has 0 saturated heterocycles. The minimum Gasteiger partial charge on any atom is -0.497 e. The number of amides is 1. The Balaban J connectivity index is 1.55. The van der Waals surface area contributed by atoms with E-state index in [1.54, 1.807) is 27.0 Å². The third kappa shape index (κ3) is 4.73. The molecule has 0 radical (unpaired) electrons. The zero-order valence-electron chi connectivity index (χ0n) is 14.3. The molecule has 8 nitrogen and oxygen atoms in total. The van der Waals surface area contributed by atoms with Crippen LogP contribution in [0.5, 0.6) is 5.75 Å². The molecule has 0 aliphatic rings. The van der Waals surface area contributed by atoms with Crippen molar-refractivity contribution in [1.82, 2.24) is 15.4 Å². The number of nitrogens with zero attached hydrogens (tertiary/aromatic N) is 3.